The minimum absolute atomic E-state index is 0.0125. The summed E-state index contributed by atoms with van der Waals surface area (Å²) in [4.78, 5) is 24.1. The minimum Gasteiger partial charge on any atom is -0.462 e. The zero-order valence-electron chi connectivity index (χ0n) is 9.29. The molecule has 0 spiro atoms. The van der Waals surface area contributed by atoms with E-state index >= 15 is 0 Å². The molecule has 1 heterocycles. The monoisotopic (exact) mass is 317 g/mol. The molecule has 4 nitrogen and oxygen atoms in total. The van der Waals surface area contributed by atoms with Gasteiger partial charge in [-0.2, -0.15) is 0 Å². The maximum absolute atomic E-state index is 11.9. The number of thiophene rings is 1. The van der Waals surface area contributed by atoms with Crippen molar-refractivity contribution in [1.29, 1.82) is 0 Å². The Morgan fingerprint density at radius 1 is 1.65 bits per heavy atom. The highest BCUT2D eigenvalue weighted by Crippen LogP contribution is 2.38. The molecule has 0 bridgehead atoms. The molecule has 0 aliphatic heterocycles. The van der Waals surface area contributed by atoms with Gasteiger partial charge < -0.3 is 10.5 Å². The molecule has 0 amide bonds. The molecular formula is C11H12BrNO3S. The molecule has 0 aromatic carbocycles. The van der Waals surface area contributed by atoms with Gasteiger partial charge in [0.05, 0.1) is 21.9 Å². The average Bonchev–Trinajstić information content (AvgIpc) is 2.61. The number of esters is 1. The van der Waals surface area contributed by atoms with Crippen LogP contribution >= 0.6 is 27.3 Å². The zero-order valence-corrected chi connectivity index (χ0v) is 11.7. The second kappa shape index (κ2) is 4.78. The molecule has 1 aliphatic carbocycles. The highest BCUT2D eigenvalue weighted by Gasteiger charge is 2.33. The quantitative estimate of drug-likeness (QED) is 0.671. The Bertz CT molecular complexity index is 483. The Morgan fingerprint density at radius 2 is 2.35 bits per heavy atom. The van der Waals surface area contributed by atoms with Crippen LogP contribution in [0.4, 0.5) is 5.00 Å². The van der Waals surface area contributed by atoms with Gasteiger partial charge in [-0.1, -0.05) is 15.9 Å². The van der Waals surface area contributed by atoms with Crippen LogP contribution in [-0.4, -0.2) is 23.2 Å². The largest absolute Gasteiger partial charge is 0.462 e. The number of rotatable bonds is 2. The van der Waals surface area contributed by atoms with Crippen LogP contribution in [0.2, 0.25) is 0 Å². The van der Waals surface area contributed by atoms with E-state index in [0.717, 1.165) is 5.56 Å². The number of carbonyl (C=O) groups excluding carboxylic acids is 2. The Kier molecular flexibility index (Phi) is 3.53. The smallest absolute Gasteiger partial charge is 0.341 e. The fourth-order valence-corrected chi connectivity index (χ4v) is 3.60. The van der Waals surface area contributed by atoms with Crippen LogP contribution in [0.15, 0.2) is 0 Å². The summed E-state index contributed by atoms with van der Waals surface area (Å²) >= 11 is 4.51. The fourth-order valence-electron chi connectivity index (χ4n) is 1.89. The maximum atomic E-state index is 11.9. The van der Waals surface area contributed by atoms with Crippen LogP contribution in [0.3, 0.4) is 0 Å². The van der Waals surface area contributed by atoms with Crippen molar-refractivity contribution in [2.24, 2.45) is 0 Å². The number of hydrogen-bond donors (Lipinski definition) is 1. The van der Waals surface area contributed by atoms with Crippen molar-refractivity contribution in [3.05, 3.63) is 16.0 Å². The van der Waals surface area contributed by atoms with Gasteiger partial charge in [0.15, 0.2) is 5.78 Å². The van der Waals surface area contributed by atoms with E-state index in [1.807, 2.05) is 0 Å². The lowest BCUT2D eigenvalue weighted by Crippen LogP contribution is -2.22. The van der Waals surface area contributed by atoms with Gasteiger partial charge in [-0.15, -0.1) is 11.3 Å². The van der Waals surface area contributed by atoms with Crippen molar-refractivity contribution in [2.45, 2.75) is 24.6 Å². The van der Waals surface area contributed by atoms with Crippen LogP contribution in [0.1, 0.15) is 38.9 Å². The van der Waals surface area contributed by atoms with E-state index in [1.165, 1.54) is 11.3 Å². The first-order valence-electron chi connectivity index (χ1n) is 5.32. The molecule has 0 fully saturated rings. The summed E-state index contributed by atoms with van der Waals surface area (Å²) in [6, 6.07) is 0. The number of nitrogen functional groups attached to an aromatic ring is 1. The van der Waals surface area contributed by atoms with Crippen molar-refractivity contribution in [3.8, 4) is 0 Å². The molecule has 0 unspecified atom stereocenters. The first kappa shape index (κ1) is 12.6. The predicted octanol–water partition coefficient (Wildman–Crippen LogP) is 2.40. The molecule has 92 valence electrons. The van der Waals surface area contributed by atoms with Crippen molar-refractivity contribution in [1.82, 2.24) is 0 Å². The number of ether oxygens (including phenoxy) is 1. The topological polar surface area (TPSA) is 69.4 Å². The summed E-state index contributed by atoms with van der Waals surface area (Å²) < 4.78 is 4.96. The third kappa shape index (κ3) is 2.11. The number of hydrogen-bond acceptors (Lipinski definition) is 5. The van der Waals surface area contributed by atoms with E-state index < -0.39 is 5.97 Å². The molecule has 0 radical (unpaired) electrons. The molecule has 2 rings (SSSR count). The molecular weight excluding hydrogens is 306 g/mol. The lowest BCUT2D eigenvalue weighted by atomic mass is 9.94. The number of carbonyl (C=O) groups is 2. The van der Waals surface area contributed by atoms with Gasteiger partial charge in [-0.05, 0) is 25.3 Å². The summed E-state index contributed by atoms with van der Waals surface area (Å²) in [7, 11) is 0. The zero-order chi connectivity index (χ0) is 12.6. The van der Waals surface area contributed by atoms with E-state index in [0.29, 0.717) is 34.9 Å². The van der Waals surface area contributed by atoms with Crippen LogP contribution in [0.25, 0.3) is 0 Å². The lowest BCUT2D eigenvalue weighted by Gasteiger charge is -2.16. The number of nitrogens with two attached hydrogens (primary N) is 1. The van der Waals surface area contributed by atoms with Crippen molar-refractivity contribution in [3.63, 3.8) is 0 Å². The van der Waals surface area contributed by atoms with Gasteiger partial charge >= 0.3 is 5.97 Å². The summed E-state index contributed by atoms with van der Waals surface area (Å²) in [5.41, 5.74) is 6.95. The number of alkyl halides is 1. The fraction of sp³-hybridized carbons (Fsp3) is 0.455. The molecule has 0 saturated carbocycles. The highest BCUT2D eigenvalue weighted by molar-refractivity contribution is 9.10. The maximum Gasteiger partial charge on any atom is 0.341 e. The second-order valence-electron chi connectivity index (χ2n) is 3.74. The minimum atomic E-state index is -0.427. The summed E-state index contributed by atoms with van der Waals surface area (Å²) in [5.74, 6) is -0.415. The van der Waals surface area contributed by atoms with Gasteiger partial charge in [-0.25, -0.2) is 4.79 Å². The molecule has 17 heavy (non-hydrogen) atoms. The Hall–Kier alpha value is -0.880. The van der Waals surface area contributed by atoms with E-state index in [4.69, 9.17) is 10.5 Å². The van der Waals surface area contributed by atoms with Crippen molar-refractivity contribution < 1.29 is 14.3 Å². The van der Waals surface area contributed by atoms with Crippen LogP contribution in [0.5, 0.6) is 0 Å². The number of Topliss-reactive ketones (excluding diaryl/α,β-unsaturated/α-hetero) is 1. The summed E-state index contributed by atoms with van der Waals surface area (Å²) in [5, 5.41) is 0.378. The standard InChI is InChI=1S/C11H12BrNO3S/c1-2-16-11(15)7-5-3-4-6(12)8(14)9(5)17-10(7)13/h6H,2-4,13H2,1H3/t6-/m0/s1. The third-order valence-electron chi connectivity index (χ3n) is 2.67. The second-order valence-corrected chi connectivity index (χ2v) is 5.90. The van der Waals surface area contributed by atoms with Gasteiger partial charge in [-0.3, -0.25) is 4.79 Å². The summed E-state index contributed by atoms with van der Waals surface area (Å²) in [6.45, 7) is 2.05. The molecule has 1 aromatic rings. The predicted molar refractivity (Wildman–Crippen MR) is 70.1 cm³/mol. The number of fused-ring (bicyclic) bond motifs is 1. The van der Waals surface area contributed by atoms with Gasteiger partial charge in [0.1, 0.15) is 5.00 Å². The van der Waals surface area contributed by atoms with Crippen molar-refractivity contribution in [2.75, 3.05) is 12.3 Å². The molecule has 0 saturated heterocycles. The first-order valence-corrected chi connectivity index (χ1v) is 7.06. The van der Waals surface area contributed by atoms with Gasteiger partial charge in [0.2, 0.25) is 0 Å². The highest BCUT2D eigenvalue weighted by atomic mass is 79.9. The SMILES string of the molecule is CCOC(=O)c1c(N)sc2c1CC[C@H](Br)C2=O. The Balaban J connectivity index is 2.46. The number of halogens is 1. The van der Waals surface area contributed by atoms with Gasteiger partial charge in [0, 0.05) is 0 Å². The Morgan fingerprint density at radius 3 is 3.00 bits per heavy atom. The summed E-state index contributed by atoms with van der Waals surface area (Å²) in [6.07, 6.45) is 1.37. The Labute approximate surface area is 111 Å². The molecule has 6 heteroatoms. The van der Waals surface area contributed by atoms with E-state index in [1.54, 1.807) is 6.92 Å². The molecule has 1 aromatic heterocycles. The van der Waals surface area contributed by atoms with Crippen LogP contribution in [-0.2, 0) is 11.2 Å². The van der Waals surface area contributed by atoms with Crippen LogP contribution < -0.4 is 5.73 Å². The first-order chi connectivity index (χ1) is 8.06. The molecule has 1 aliphatic rings. The molecule has 1 atom stereocenters. The normalized spacial score (nSPS) is 18.9. The number of ketones is 1. The van der Waals surface area contributed by atoms with Crippen LogP contribution in [0, 0.1) is 0 Å². The van der Waals surface area contributed by atoms with E-state index in [-0.39, 0.29) is 10.6 Å². The van der Waals surface area contributed by atoms with E-state index in [9.17, 15) is 9.59 Å². The van der Waals surface area contributed by atoms with E-state index in [2.05, 4.69) is 15.9 Å². The van der Waals surface area contributed by atoms with Crippen molar-refractivity contribution >= 4 is 44.0 Å². The third-order valence-corrected chi connectivity index (χ3v) is 4.62. The average molecular weight is 318 g/mol. The number of anilines is 1. The van der Waals surface area contributed by atoms with Gasteiger partial charge in [0.25, 0.3) is 0 Å². The lowest BCUT2D eigenvalue weighted by molar-refractivity contribution is 0.0527. The molecule has 2 N–H and O–H groups in total.